The summed E-state index contributed by atoms with van der Waals surface area (Å²) in [6, 6.07) is 12.7. The van der Waals surface area contributed by atoms with Crippen LogP contribution in [0.3, 0.4) is 0 Å². The fourth-order valence-electron chi connectivity index (χ4n) is 1.65. The molecule has 1 N–H and O–H groups in total. The van der Waals surface area contributed by atoms with Gasteiger partial charge in [-0.25, -0.2) is 8.42 Å². The molecule has 81 valence electrons. The zero-order chi connectivity index (χ0) is 11.6. The normalized spacial score (nSPS) is 11.6. The number of hydrogen-bond acceptors (Lipinski definition) is 2. The molecule has 0 bridgehead atoms. The van der Waals surface area contributed by atoms with E-state index in [2.05, 4.69) is 4.63 Å². The summed E-state index contributed by atoms with van der Waals surface area (Å²) < 4.78 is 26.2. The van der Waals surface area contributed by atoms with Gasteiger partial charge in [-0.2, -0.15) is 0 Å². The van der Waals surface area contributed by atoms with E-state index in [9.17, 15) is 8.42 Å². The van der Waals surface area contributed by atoms with Gasteiger partial charge in [0.05, 0.1) is 4.90 Å². The number of sulfonamides is 1. The largest absolute Gasteiger partial charge is 0.257 e. The highest BCUT2D eigenvalue weighted by Gasteiger charge is 2.15. The summed E-state index contributed by atoms with van der Waals surface area (Å²) in [6.07, 6.45) is 0. The van der Waals surface area contributed by atoms with E-state index in [1.54, 1.807) is 25.0 Å². The van der Waals surface area contributed by atoms with Crippen LogP contribution in [0.1, 0.15) is 0 Å². The second-order valence-electron chi connectivity index (χ2n) is 3.39. The van der Waals surface area contributed by atoms with Crippen molar-refractivity contribution in [2.45, 2.75) is 11.7 Å². The maximum absolute atomic E-state index is 11.9. The van der Waals surface area contributed by atoms with Crippen molar-refractivity contribution in [3.63, 3.8) is 0 Å². The van der Waals surface area contributed by atoms with Crippen LogP contribution in [-0.2, 0) is 10.0 Å². The molecule has 5 heteroatoms. The third-order valence-electron chi connectivity index (χ3n) is 2.31. The van der Waals surface area contributed by atoms with Crippen molar-refractivity contribution in [1.29, 1.82) is 0 Å². The molecule has 0 amide bonds. The van der Waals surface area contributed by atoms with Crippen molar-refractivity contribution in [2.24, 2.45) is 0 Å². The maximum atomic E-state index is 11.9. The van der Waals surface area contributed by atoms with E-state index in [1.807, 2.05) is 24.3 Å². The Balaban J connectivity index is 2.70. The van der Waals surface area contributed by atoms with Crippen molar-refractivity contribution in [3.05, 3.63) is 42.5 Å². The van der Waals surface area contributed by atoms with Crippen molar-refractivity contribution >= 4 is 28.2 Å². The van der Waals surface area contributed by atoms with Gasteiger partial charge in [0.2, 0.25) is 17.4 Å². The molecule has 0 unspecified atom stereocenters. The molecule has 0 saturated heterocycles. The minimum atomic E-state index is -3.44. The SMILES string of the molecule is C[B]NS(=O)(=O)c1cccc2ccccc12. The Morgan fingerprint density at radius 3 is 2.50 bits per heavy atom. The molecule has 2 aromatic rings. The lowest BCUT2D eigenvalue weighted by molar-refractivity contribution is 0.594. The standard InChI is InChI=1S/C11H11BNO2S/c1-12-13-16(14,15)11-8-4-6-9-5-2-3-7-10(9)11/h2-8,13H,1H3. The van der Waals surface area contributed by atoms with Crippen LogP contribution in [0.25, 0.3) is 10.8 Å². The summed E-state index contributed by atoms with van der Waals surface area (Å²) in [5.74, 6) is 0. The average Bonchev–Trinajstić information content (AvgIpc) is 2.28. The number of nitrogens with one attached hydrogen (secondary N) is 1. The lowest BCUT2D eigenvalue weighted by Crippen LogP contribution is -2.25. The van der Waals surface area contributed by atoms with Gasteiger partial charge >= 0.3 is 0 Å². The average molecular weight is 232 g/mol. The molecule has 0 fully saturated rings. The summed E-state index contributed by atoms with van der Waals surface area (Å²) in [5.41, 5.74) is 0. The Morgan fingerprint density at radius 2 is 1.75 bits per heavy atom. The molecular weight excluding hydrogens is 221 g/mol. The van der Waals surface area contributed by atoms with E-state index in [1.165, 1.54) is 7.41 Å². The highest BCUT2D eigenvalue weighted by molar-refractivity contribution is 7.90. The number of rotatable bonds is 3. The first-order chi connectivity index (χ1) is 7.65. The molecule has 0 aliphatic rings. The van der Waals surface area contributed by atoms with Gasteiger partial charge in [-0.05, 0) is 11.5 Å². The summed E-state index contributed by atoms with van der Waals surface area (Å²) in [7, 11) is -2.03. The molecule has 0 aliphatic carbocycles. The van der Waals surface area contributed by atoms with Gasteiger partial charge in [0, 0.05) is 5.39 Å². The van der Waals surface area contributed by atoms with Crippen LogP contribution in [0.15, 0.2) is 47.4 Å². The fraction of sp³-hybridized carbons (Fsp3) is 0.0909. The Morgan fingerprint density at radius 1 is 1.06 bits per heavy atom. The van der Waals surface area contributed by atoms with Gasteiger partial charge in [-0.3, -0.25) is 4.63 Å². The molecule has 0 atom stereocenters. The first-order valence-corrected chi connectivity index (χ1v) is 6.41. The molecule has 0 aliphatic heterocycles. The van der Waals surface area contributed by atoms with Crippen molar-refractivity contribution in [3.8, 4) is 0 Å². The van der Waals surface area contributed by atoms with Gasteiger partial charge in [0.25, 0.3) is 0 Å². The Labute approximate surface area is 95.8 Å². The highest BCUT2D eigenvalue weighted by atomic mass is 32.2. The second kappa shape index (κ2) is 4.27. The van der Waals surface area contributed by atoms with E-state index in [4.69, 9.17) is 0 Å². The second-order valence-corrected chi connectivity index (χ2v) is 5.07. The third kappa shape index (κ3) is 1.96. The van der Waals surface area contributed by atoms with Crippen LogP contribution in [0.5, 0.6) is 0 Å². The van der Waals surface area contributed by atoms with E-state index in [-0.39, 0.29) is 0 Å². The molecule has 0 heterocycles. The Bertz CT molecular complexity index is 605. The Hall–Kier alpha value is -1.33. The first kappa shape index (κ1) is 11.2. The zero-order valence-electron chi connectivity index (χ0n) is 8.84. The molecule has 0 saturated carbocycles. The van der Waals surface area contributed by atoms with E-state index < -0.39 is 10.0 Å². The summed E-state index contributed by atoms with van der Waals surface area (Å²) in [4.78, 5) is 0.309. The monoisotopic (exact) mass is 232 g/mol. The van der Waals surface area contributed by atoms with Crippen LogP contribution < -0.4 is 4.63 Å². The van der Waals surface area contributed by atoms with Gasteiger partial charge in [0.15, 0.2) is 0 Å². The maximum Gasteiger partial charge on any atom is 0.230 e. The molecule has 2 rings (SSSR count). The topological polar surface area (TPSA) is 46.2 Å². The van der Waals surface area contributed by atoms with Gasteiger partial charge in [0.1, 0.15) is 0 Å². The zero-order valence-corrected chi connectivity index (χ0v) is 9.66. The van der Waals surface area contributed by atoms with Crippen molar-refractivity contribution in [2.75, 3.05) is 0 Å². The van der Waals surface area contributed by atoms with Gasteiger partial charge in [-0.15, -0.1) is 0 Å². The van der Waals surface area contributed by atoms with E-state index >= 15 is 0 Å². The van der Waals surface area contributed by atoms with Crippen LogP contribution in [-0.4, -0.2) is 15.8 Å². The summed E-state index contributed by atoms with van der Waals surface area (Å²) in [6.45, 7) is 1.64. The molecule has 3 nitrogen and oxygen atoms in total. The number of benzene rings is 2. The van der Waals surface area contributed by atoms with E-state index in [0.29, 0.717) is 4.90 Å². The predicted molar refractivity (Wildman–Crippen MR) is 65.9 cm³/mol. The van der Waals surface area contributed by atoms with Crippen LogP contribution in [0.4, 0.5) is 0 Å². The number of fused-ring (bicyclic) bond motifs is 1. The van der Waals surface area contributed by atoms with E-state index in [0.717, 1.165) is 10.8 Å². The lowest BCUT2D eigenvalue weighted by atomic mass is 10.0. The molecule has 1 radical (unpaired) electrons. The minimum absolute atomic E-state index is 0.309. The van der Waals surface area contributed by atoms with Gasteiger partial charge in [-0.1, -0.05) is 43.2 Å². The molecule has 0 spiro atoms. The number of hydrogen-bond donors (Lipinski definition) is 1. The minimum Gasteiger partial charge on any atom is -0.257 e. The molecular formula is C11H11BNO2S. The highest BCUT2D eigenvalue weighted by Crippen LogP contribution is 2.22. The first-order valence-electron chi connectivity index (χ1n) is 4.93. The predicted octanol–water partition coefficient (Wildman–Crippen LogP) is 1.79. The van der Waals surface area contributed by atoms with Crippen LogP contribution in [0.2, 0.25) is 6.82 Å². The van der Waals surface area contributed by atoms with Crippen molar-refractivity contribution in [1.82, 2.24) is 4.63 Å². The third-order valence-corrected chi connectivity index (χ3v) is 3.79. The van der Waals surface area contributed by atoms with Gasteiger partial charge < -0.3 is 0 Å². The van der Waals surface area contributed by atoms with Crippen LogP contribution in [0, 0.1) is 0 Å². The summed E-state index contributed by atoms with van der Waals surface area (Å²) in [5, 5.41) is 1.65. The Kier molecular flexibility index (Phi) is 2.98. The lowest BCUT2D eigenvalue weighted by Gasteiger charge is -2.07. The van der Waals surface area contributed by atoms with Crippen molar-refractivity contribution < 1.29 is 8.42 Å². The molecule has 2 aromatic carbocycles. The molecule has 0 aromatic heterocycles. The van der Waals surface area contributed by atoms with Crippen LogP contribution >= 0.6 is 0 Å². The molecule has 16 heavy (non-hydrogen) atoms. The smallest absolute Gasteiger partial charge is 0.230 e. The summed E-state index contributed by atoms with van der Waals surface area (Å²) >= 11 is 0. The fourth-order valence-corrected chi connectivity index (χ4v) is 2.82. The quantitative estimate of drug-likeness (QED) is 0.820.